The number of nitrogens with one attached hydrogen (secondary N) is 1. The van der Waals surface area contributed by atoms with E-state index in [1.54, 1.807) is 4.68 Å². The van der Waals surface area contributed by atoms with Crippen LogP contribution in [0.3, 0.4) is 0 Å². The largest absolute Gasteiger partial charge is 0.352 e. The maximum Gasteiger partial charge on any atom is 0.224 e. The van der Waals surface area contributed by atoms with E-state index in [-0.39, 0.29) is 5.91 Å². The second-order valence-electron chi connectivity index (χ2n) is 4.84. The van der Waals surface area contributed by atoms with Crippen LogP contribution in [0.15, 0.2) is 30.5 Å². The van der Waals surface area contributed by atoms with E-state index in [1.165, 1.54) is 0 Å². The second-order valence-corrected chi connectivity index (χ2v) is 4.84. The average molecular weight is 272 g/mol. The quantitative estimate of drug-likeness (QED) is 0.854. The summed E-state index contributed by atoms with van der Waals surface area (Å²) in [4.78, 5) is 12.0. The number of aromatic nitrogens is 2. The Bertz CT molecular complexity index is 604. The number of carbonyl (C=O) groups is 1. The van der Waals surface area contributed by atoms with E-state index in [1.807, 2.05) is 44.4 Å². The maximum absolute atomic E-state index is 12.0. The molecule has 1 heterocycles. The fraction of sp³-hybridized carbons (Fsp3) is 0.333. The Balaban J connectivity index is 1.94. The molecule has 0 radical (unpaired) electrons. The van der Waals surface area contributed by atoms with Crippen LogP contribution in [0.5, 0.6) is 0 Å². The van der Waals surface area contributed by atoms with Crippen molar-refractivity contribution in [1.82, 2.24) is 15.1 Å². The summed E-state index contributed by atoms with van der Waals surface area (Å²) in [6.45, 7) is 2.89. The second kappa shape index (κ2) is 6.34. The highest BCUT2D eigenvalue weighted by atomic mass is 16.1. The van der Waals surface area contributed by atoms with Crippen LogP contribution in [0.4, 0.5) is 0 Å². The van der Waals surface area contributed by atoms with E-state index in [0.717, 1.165) is 22.4 Å². The molecule has 0 spiro atoms. The number of benzene rings is 1. The maximum atomic E-state index is 12.0. The minimum absolute atomic E-state index is 0.00541. The monoisotopic (exact) mass is 272 g/mol. The minimum Gasteiger partial charge on any atom is -0.352 e. The van der Waals surface area contributed by atoms with Gasteiger partial charge in [0.2, 0.25) is 5.91 Å². The molecule has 2 rings (SSSR count). The van der Waals surface area contributed by atoms with E-state index >= 15 is 0 Å². The van der Waals surface area contributed by atoms with Crippen molar-refractivity contribution in [2.45, 2.75) is 26.4 Å². The number of nitrogens with two attached hydrogens (primary N) is 1. The Morgan fingerprint density at radius 2 is 2.00 bits per heavy atom. The highest BCUT2D eigenvalue weighted by molar-refractivity contribution is 5.78. The molecule has 0 bridgehead atoms. The lowest BCUT2D eigenvalue weighted by Crippen LogP contribution is -2.25. The predicted molar refractivity (Wildman–Crippen MR) is 77.8 cm³/mol. The van der Waals surface area contributed by atoms with Gasteiger partial charge in [0, 0.05) is 31.9 Å². The molecular formula is C15H20N4O. The van der Waals surface area contributed by atoms with E-state index < -0.39 is 0 Å². The van der Waals surface area contributed by atoms with Gasteiger partial charge in [0.25, 0.3) is 0 Å². The van der Waals surface area contributed by atoms with Crippen molar-refractivity contribution in [2.75, 3.05) is 0 Å². The Kier molecular flexibility index (Phi) is 4.53. The van der Waals surface area contributed by atoms with Crippen molar-refractivity contribution in [1.29, 1.82) is 0 Å². The third-order valence-corrected chi connectivity index (χ3v) is 3.28. The molecule has 20 heavy (non-hydrogen) atoms. The third kappa shape index (κ3) is 3.45. The smallest absolute Gasteiger partial charge is 0.224 e. The van der Waals surface area contributed by atoms with Crippen molar-refractivity contribution < 1.29 is 4.79 Å². The number of hydrogen-bond donors (Lipinski definition) is 2. The molecule has 0 saturated carbocycles. The van der Waals surface area contributed by atoms with Crippen LogP contribution in [-0.4, -0.2) is 15.7 Å². The van der Waals surface area contributed by atoms with Gasteiger partial charge < -0.3 is 11.1 Å². The summed E-state index contributed by atoms with van der Waals surface area (Å²) < 4.78 is 1.75. The molecule has 2 aromatic rings. The average Bonchev–Trinajstić information content (AvgIpc) is 2.75. The van der Waals surface area contributed by atoms with Gasteiger partial charge in [-0.2, -0.15) is 5.10 Å². The summed E-state index contributed by atoms with van der Waals surface area (Å²) >= 11 is 0. The molecule has 5 nitrogen and oxygen atoms in total. The Morgan fingerprint density at radius 1 is 1.30 bits per heavy atom. The van der Waals surface area contributed by atoms with Gasteiger partial charge >= 0.3 is 0 Å². The van der Waals surface area contributed by atoms with Gasteiger partial charge in [-0.25, -0.2) is 0 Å². The van der Waals surface area contributed by atoms with Gasteiger partial charge in [-0.1, -0.05) is 24.3 Å². The topological polar surface area (TPSA) is 72.9 Å². The van der Waals surface area contributed by atoms with Crippen molar-refractivity contribution in [3.8, 4) is 0 Å². The van der Waals surface area contributed by atoms with Crippen molar-refractivity contribution >= 4 is 5.91 Å². The van der Waals surface area contributed by atoms with Crippen molar-refractivity contribution in [3.05, 3.63) is 52.8 Å². The molecule has 0 atom stereocenters. The van der Waals surface area contributed by atoms with Gasteiger partial charge in [0.1, 0.15) is 0 Å². The summed E-state index contributed by atoms with van der Waals surface area (Å²) in [5.74, 6) is -0.00541. The number of hydrogen-bond acceptors (Lipinski definition) is 3. The Morgan fingerprint density at radius 3 is 2.60 bits per heavy atom. The molecule has 1 aromatic carbocycles. The molecule has 0 aliphatic carbocycles. The fourth-order valence-corrected chi connectivity index (χ4v) is 2.18. The van der Waals surface area contributed by atoms with Crippen LogP contribution in [0.1, 0.15) is 22.4 Å². The van der Waals surface area contributed by atoms with E-state index in [4.69, 9.17) is 5.73 Å². The van der Waals surface area contributed by atoms with Gasteiger partial charge in [0.05, 0.1) is 12.1 Å². The summed E-state index contributed by atoms with van der Waals surface area (Å²) in [7, 11) is 1.87. The first-order valence-corrected chi connectivity index (χ1v) is 6.63. The summed E-state index contributed by atoms with van der Waals surface area (Å²) in [6.07, 6.45) is 2.27. The van der Waals surface area contributed by atoms with Crippen molar-refractivity contribution in [2.24, 2.45) is 12.8 Å². The zero-order valence-electron chi connectivity index (χ0n) is 11.9. The summed E-state index contributed by atoms with van der Waals surface area (Å²) in [6, 6.07) is 7.75. The summed E-state index contributed by atoms with van der Waals surface area (Å²) in [5, 5.41) is 7.17. The highest BCUT2D eigenvalue weighted by Crippen LogP contribution is 2.09. The molecule has 0 fully saturated rings. The van der Waals surface area contributed by atoms with Crippen LogP contribution in [-0.2, 0) is 31.4 Å². The molecule has 0 saturated heterocycles. The lowest BCUT2D eigenvalue weighted by Gasteiger charge is -2.08. The first-order valence-electron chi connectivity index (χ1n) is 6.63. The lowest BCUT2D eigenvalue weighted by atomic mass is 10.0. The first kappa shape index (κ1) is 14.3. The predicted octanol–water partition coefficient (Wildman–Crippen LogP) is 1.05. The molecule has 0 unspecified atom stereocenters. The van der Waals surface area contributed by atoms with Crippen LogP contribution < -0.4 is 11.1 Å². The molecule has 0 aliphatic rings. The summed E-state index contributed by atoms with van der Waals surface area (Å²) in [5.41, 5.74) is 9.64. The molecule has 106 valence electrons. The first-order chi connectivity index (χ1) is 9.60. The van der Waals surface area contributed by atoms with Crippen LogP contribution >= 0.6 is 0 Å². The zero-order chi connectivity index (χ0) is 14.5. The molecule has 1 aromatic heterocycles. The fourth-order valence-electron chi connectivity index (χ4n) is 2.18. The van der Waals surface area contributed by atoms with E-state index in [2.05, 4.69) is 10.4 Å². The van der Waals surface area contributed by atoms with Gasteiger partial charge in [-0.15, -0.1) is 0 Å². The molecule has 3 N–H and O–H groups in total. The normalized spacial score (nSPS) is 10.6. The molecule has 0 aliphatic heterocycles. The highest BCUT2D eigenvalue weighted by Gasteiger charge is 2.08. The van der Waals surface area contributed by atoms with E-state index in [0.29, 0.717) is 19.5 Å². The standard InChI is InChI=1S/C15H20N4O/c1-11-14(10-19(2)18-11)9-17-15(20)7-12-5-3-4-6-13(12)8-16/h3-6,10H,7-9,16H2,1-2H3,(H,17,20). The van der Waals surface area contributed by atoms with Crippen LogP contribution in [0.25, 0.3) is 0 Å². The van der Waals surface area contributed by atoms with Crippen LogP contribution in [0, 0.1) is 6.92 Å². The Hall–Kier alpha value is -2.14. The number of nitrogens with zero attached hydrogens (tertiary/aromatic N) is 2. The number of amides is 1. The third-order valence-electron chi connectivity index (χ3n) is 3.28. The molecular weight excluding hydrogens is 252 g/mol. The van der Waals surface area contributed by atoms with Gasteiger partial charge in [-0.3, -0.25) is 9.48 Å². The van der Waals surface area contributed by atoms with Gasteiger partial charge in [0.15, 0.2) is 0 Å². The van der Waals surface area contributed by atoms with Crippen molar-refractivity contribution in [3.63, 3.8) is 0 Å². The SMILES string of the molecule is Cc1nn(C)cc1CNC(=O)Cc1ccccc1CN. The molecule has 5 heteroatoms. The minimum atomic E-state index is -0.00541. The number of rotatable bonds is 5. The Labute approximate surface area is 118 Å². The van der Waals surface area contributed by atoms with Gasteiger partial charge in [-0.05, 0) is 18.1 Å². The number of carbonyl (C=O) groups excluding carboxylic acids is 1. The number of aryl methyl sites for hydroxylation is 2. The van der Waals surface area contributed by atoms with Crippen LogP contribution in [0.2, 0.25) is 0 Å². The lowest BCUT2D eigenvalue weighted by molar-refractivity contribution is -0.120. The molecule has 1 amide bonds. The zero-order valence-corrected chi connectivity index (χ0v) is 11.9. The van der Waals surface area contributed by atoms with E-state index in [9.17, 15) is 4.79 Å².